The third-order valence-electron chi connectivity index (χ3n) is 3.83. The highest BCUT2D eigenvalue weighted by Crippen LogP contribution is 2.13. The summed E-state index contributed by atoms with van der Waals surface area (Å²) in [6, 6.07) is 12.8. The first-order chi connectivity index (χ1) is 11.1. The van der Waals surface area contributed by atoms with Gasteiger partial charge in [0.15, 0.2) is 0 Å². The molecule has 0 radical (unpaired) electrons. The summed E-state index contributed by atoms with van der Waals surface area (Å²) in [7, 11) is 1.62. The molecule has 3 rings (SSSR count). The van der Waals surface area contributed by atoms with Gasteiger partial charge in [0.2, 0.25) is 0 Å². The first kappa shape index (κ1) is 15.0. The van der Waals surface area contributed by atoms with Crippen LogP contribution in [0.15, 0.2) is 53.5 Å². The van der Waals surface area contributed by atoms with Crippen molar-refractivity contribution < 1.29 is 4.79 Å². The summed E-state index contributed by atoms with van der Waals surface area (Å²) in [5.74, 6) is -0.416. The molecule has 0 saturated carbocycles. The van der Waals surface area contributed by atoms with Gasteiger partial charge in [-0.1, -0.05) is 19.1 Å². The van der Waals surface area contributed by atoms with E-state index in [0.717, 1.165) is 11.8 Å². The van der Waals surface area contributed by atoms with Gasteiger partial charge in [-0.2, -0.15) is 0 Å². The van der Waals surface area contributed by atoms with Gasteiger partial charge in [0, 0.05) is 24.3 Å². The van der Waals surface area contributed by atoms with Gasteiger partial charge < -0.3 is 5.32 Å². The maximum atomic E-state index is 12.4. The van der Waals surface area contributed by atoms with Gasteiger partial charge in [0.25, 0.3) is 11.5 Å². The van der Waals surface area contributed by atoms with Crippen molar-refractivity contribution in [2.45, 2.75) is 13.3 Å². The Morgan fingerprint density at radius 3 is 2.65 bits per heavy atom. The van der Waals surface area contributed by atoms with Crippen LogP contribution in [0.1, 0.15) is 22.8 Å². The normalized spacial score (nSPS) is 10.7. The molecule has 0 saturated heterocycles. The first-order valence-electron chi connectivity index (χ1n) is 7.45. The Morgan fingerprint density at radius 1 is 1.22 bits per heavy atom. The van der Waals surface area contributed by atoms with E-state index in [9.17, 15) is 9.59 Å². The average molecular weight is 307 g/mol. The van der Waals surface area contributed by atoms with Crippen LogP contribution in [-0.4, -0.2) is 15.5 Å². The molecule has 0 spiro atoms. The van der Waals surface area contributed by atoms with Crippen LogP contribution in [-0.2, 0) is 13.5 Å². The number of nitrogens with one attached hydrogen (secondary N) is 1. The van der Waals surface area contributed by atoms with Crippen molar-refractivity contribution in [1.29, 1.82) is 0 Å². The van der Waals surface area contributed by atoms with Crippen LogP contribution in [0.25, 0.3) is 11.0 Å². The van der Waals surface area contributed by atoms with Gasteiger partial charge in [-0.15, -0.1) is 0 Å². The molecule has 1 aromatic carbocycles. The zero-order valence-electron chi connectivity index (χ0n) is 13.0. The van der Waals surface area contributed by atoms with Crippen LogP contribution in [0.2, 0.25) is 0 Å². The highest BCUT2D eigenvalue weighted by atomic mass is 16.2. The summed E-state index contributed by atoms with van der Waals surface area (Å²) in [5.41, 5.74) is 2.16. The van der Waals surface area contributed by atoms with E-state index in [-0.39, 0.29) is 11.1 Å². The van der Waals surface area contributed by atoms with Crippen molar-refractivity contribution in [3.05, 3.63) is 70.1 Å². The quantitative estimate of drug-likeness (QED) is 0.809. The summed E-state index contributed by atoms with van der Waals surface area (Å²) in [6.07, 6.45) is 2.56. The molecule has 3 aromatic rings. The molecule has 0 unspecified atom stereocenters. The van der Waals surface area contributed by atoms with Crippen LogP contribution in [0.5, 0.6) is 0 Å². The minimum absolute atomic E-state index is 0.104. The van der Waals surface area contributed by atoms with Crippen LogP contribution in [0.4, 0.5) is 5.69 Å². The van der Waals surface area contributed by atoms with Crippen molar-refractivity contribution in [2.24, 2.45) is 7.05 Å². The molecule has 5 nitrogen and oxygen atoms in total. The van der Waals surface area contributed by atoms with Gasteiger partial charge in [-0.05, 0) is 42.3 Å². The van der Waals surface area contributed by atoms with E-state index in [1.807, 2.05) is 30.3 Å². The standard InChI is InChI=1S/C18H17N3O2/c1-3-12-6-8-14(9-7-12)20-17(22)15-11-13-5-4-10-19-16(13)21(2)18(15)23/h4-11H,3H2,1-2H3,(H,20,22). The van der Waals surface area contributed by atoms with E-state index >= 15 is 0 Å². The second-order valence-corrected chi connectivity index (χ2v) is 5.34. The van der Waals surface area contributed by atoms with Gasteiger partial charge >= 0.3 is 0 Å². The van der Waals surface area contributed by atoms with Crippen molar-refractivity contribution in [1.82, 2.24) is 9.55 Å². The van der Waals surface area contributed by atoms with Crippen molar-refractivity contribution in [3.63, 3.8) is 0 Å². The second kappa shape index (κ2) is 6.04. The molecular weight excluding hydrogens is 290 g/mol. The Bertz CT molecular complexity index is 927. The maximum absolute atomic E-state index is 12.4. The van der Waals surface area contributed by atoms with Crippen molar-refractivity contribution >= 4 is 22.6 Å². The highest BCUT2D eigenvalue weighted by Gasteiger charge is 2.14. The third-order valence-corrected chi connectivity index (χ3v) is 3.83. The molecule has 116 valence electrons. The molecule has 0 fully saturated rings. The smallest absolute Gasteiger partial charge is 0.264 e. The zero-order chi connectivity index (χ0) is 16.4. The fraction of sp³-hybridized carbons (Fsp3) is 0.167. The number of pyridine rings is 2. The predicted octanol–water partition coefficient (Wildman–Crippen LogP) is 2.75. The van der Waals surface area contributed by atoms with Crippen molar-refractivity contribution in [2.75, 3.05) is 5.32 Å². The van der Waals surface area contributed by atoms with E-state index < -0.39 is 5.91 Å². The van der Waals surface area contributed by atoms with Crippen molar-refractivity contribution in [3.8, 4) is 0 Å². The molecule has 0 aliphatic heterocycles. The molecule has 0 aliphatic rings. The summed E-state index contributed by atoms with van der Waals surface area (Å²) in [4.78, 5) is 29.0. The Labute approximate surface area is 133 Å². The molecule has 1 N–H and O–H groups in total. The molecule has 1 amide bonds. The number of rotatable bonds is 3. The molecule has 2 heterocycles. The van der Waals surface area contributed by atoms with Crippen LogP contribution in [0.3, 0.4) is 0 Å². The summed E-state index contributed by atoms with van der Waals surface area (Å²) >= 11 is 0. The third kappa shape index (κ3) is 2.85. The number of carbonyl (C=O) groups is 1. The molecule has 0 atom stereocenters. The largest absolute Gasteiger partial charge is 0.322 e. The molecule has 5 heteroatoms. The summed E-state index contributed by atoms with van der Waals surface area (Å²) in [6.45, 7) is 2.07. The summed E-state index contributed by atoms with van der Waals surface area (Å²) < 4.78 is 1.39. The number of hydrogen-bond acceptors (Lipinski definition) is 3. The van der Waals surface area contributed by atoms with E-state index in [4.69, 9.17) is 0 Å². The number of aryl methyl sites for hydroxylation is 2. The predicted molar refractivity (Wildman–Crippen MR) is 90.8 cm³/mol. The number of hydrogen-bond donors (Lipinski definition) is 1. The topological polar surface area (TPSA) is 64.0 Å². The Balaban J connectivity index is 1.97. The van der Waals surface area contributed by atoms with Gasteiger partial charge in [-0.25, -0.2) is 4.98 Å². The number of benzene rings is 1. The van der Waals surface area contributed by atoms with Gasteiger partial charge in [0.1, 0.15) is 11.2 Å². The van der Waals surface area contributed by atoms with E-state index in [2.05, 4.69) is 17.2 Å². The van der Waals surface area contributed by atoms with E-state index in [1.165, 1.54) is 10.1 Å². The first-order valence-corrected chi connectivity index (χ1v) is 7.45. The minimum Gasteiger partial charge on any atom is -0.322 e. The Morgan fingerprint density at radius 2 is 1.96 bits per heavy atom. The number of anilines is 1. The fourth-order valence-electron chi connectivity index (χ4n) is 2.48. The molecule has 23 heavy (non-hydrogen) atoms. The Kier molecular flexibility index (Phi) is 3.93. The number of fused-ring (bicyclic) bond motifs is 1. The lowest BCUT2D eigenvalue weighted by molar-refractivity contribution is 0.102. The van der Waals surface area contributed by atoms with E-state index in [1.54, 1.807) is 25.4 Å². The molecule has 2 aromatic heterocycles. The van der Waals surface area contributed by atoms with Crippen LogP contribution >= 0.6 is 0 Å². The zero-order valence-corrected chi connectivity index (χ0v) is 13.0. The maximum Gasteiger partial charge on any atom is 0.264 e. The lowest BCUT2D eigenvalue weighted by Gasteiger charge is -2.09. The average Bonchev–Trinajstić information content (AvgIpc) is 2.58. The molecule has 0 bridgehead atoms. The summed E-state index contributed by atoms with van der Waals surface area (Å²) in [5, 5.41) is 3.52. The lowest BCUT2D eigenvalue weighted by Crippen LogP contribution is -2.28. The van der Waals surface area contributed by atoms with Gasteiger partial charge in [0.05, 0.1) is 0 Å². The molecular formula is C18H17N3O2. The molecule has 0 aliphatic carbocycles. The minimum atomic E-state index is -0.416. The number of aromatic nitrogens is 2. The van der Waals surface area contributed by atoms with Crippen LogP contribution in [0, 0.1) is 0 Å². The number of amides is 1. The van der Waals surface area contributed by atoms with Crippen LogP contribution < -0.4 is 10.9 Å². The number of carbonyl (C=O) groups excluding carboxylic acids is 1. The second-order valence-electron chi connectivity index (χ2n) is 5.34. The lowest BCUT2D eigenvalue weighted by atomic mass is 10.1. The fourth-order valence-corrected chi connectivity index (χ4v) is 2.48. The number of nitrogens with zero attached hydrogens (tertiary/aromatic N) is 2. The SMILES string of the molecule is CCc1ccc(NC(=O)c2cc3cccnc3n(C)c2=O)cc1. The van der Waals surface area contributed by atoms with Gasteiger partial charge in [-0.3, -0.25) is 14.2 Å². The van der Waals surface area contributed by atoms with E-state index in [0.29, 0.717) is 11.3 Å². The monoisotopic (exact) mass is 307 g/mol. The highest BCUT2D eigenvalue weighted by molar-refractivity contribution is 6.05. The Hall–Kier alpha value is -2.95.